The molecule has 0 spiro atoms. The second-order valence-electron chi connectivity index (χ2n) is 7.53. The molecule has 1 aliphatic heterocycles. The Morgan fingerprint density at radius 2 is 1.14 bits per heavy atom. The molecule has 1 aromatic rings. The molecule has 2 rings (SSSR count). The van der Waals surface area contributed by atoms with Crippen molar-refractivity contribution in [3.63, 3.8) is 0 Å². The molecule has 14 heteroatoms. The number of ketones is 1. The van der Waals surface area contributed by atoms with Crippen molar-refractivity contribution in [2.75, 3.05) is 0 Å². The number of hydrogen-bond acceptors (Lipinski definition) is 10. The van der Waals surface area contributed by atoms with Crippen molar-refractivity contribution in [3.05, 3.63) is 35.9 Å². The maximum atomic E-state index is 12.9. The lowest BCUT2D eigenvalue weighted by molar-refractivity contribution is -0.343. The Morgan fingerprint density at radius 1 is 0.686 bits per heavy atom. The van der Waals surface area contributed by atoms with Crippen LogP contribution in [0.2, 0.25) is 0 Å². The van der Waals surface area contributed by atoms with Crippen LogP contribution in [0.25, 0.3) is 0 Å². The first kappa shape index (κ1) is 27.8. The van der Waals surface area contributed by atoms with Crippen LogP contribution >= 0.6 is 0 Å². The van der Waals surface area contributed by atoms with Crippen molar-refractivity contribution in [1.82, 2.24) is 21.9 Å². The number of carbonyl (C=O) groups excluding carboxylic acids is 5. The zero-order valence-electron chi connectivity index (χ0n) is 19.6. The van der Waals surface area contributed by atoms with Gasteiger partial charge in [0, 0.05) is 39.7 Å². The van der Waals surface area contributed by atoms with Gasteiger partial charge >= 0.3 is 0 Å². The van der Waals surface area contributed by atoms with Crippen LogP contribution in [0.15, 0.2) is 30.3 Å². The predicted octanol–water partition coefficient (Wildman–Crippen LogP) is -0.639. The predicted molar refractivity (Wildman–Crippen MR) is 115 cm³/mol. The summed E-state index contributed by atoms with van der Waals surface area (Å²) in [6.07, 6.45) is -6.80. The summed E-state index contributed by atoms with van der Waals surface area (Å²) < 4.78 is 5.85. The van der Waals surface area contributed by atoms with E-state index in [1.54, 1.807) is 30.3 Å². The zero-order chi connectivity index (χ0) is 26.0. The molecule has 1 saturated heterocycles. The van der Waals surface area contributed by atoms with Gasteiger partial charge in [-0.05, 0) is 0 Å². The molecule has 192 valence electrons. The van der Waals surface area contributed by atoms with E-state index < -0.39 is 54.3 Å². The van der Waals surface area contributed by atoms with E-state index in [1.165, 1.54) is 27.7 Å². The Morgan fingerprint density at radius 3 is 1.66 bits per heavy atom. The summed E-state index contributed by atoms with van der Waals surface area (Å²) in [7, 11) is 0. The molecule has 0 aromatic heterocycles. The summed E-state index contributed by atoms with van der Waals surface area (Å²) in [5.74, 6) is -2.69. The summed E-state index contributed by atoms with van der Waals surface area (Å²) in [5, 5.41) is 0. The van der Waals surface area contributed by atoms with Crippen molar-refractivity contribution in [3.8, 4) is 0 Å². The normalized spacial score (nSPS) is 23.6. The molecule has 0 bridgehead atoms. The van der Waals surface area contributed by atoms with Crippen molar-refractivity contribution >= 4 is 29.4 Å². The first-order valence-corrected chi connectivity index (χ1v) is 10.5. The second-order valence-corrected chi connectivity index (χ2v) is 7.53. The van der Waals surface area contributed by atoms with Gasteiger partial charge in [-0.25, -0.2) is 26.8 Å². The Balaban J connectivity index is 2.42. The van der Waals surface area contributed by atoms with E-state index in [0.717, 1.165) is 0 Å². The molecule has 0 unspecified atom stereocenters. The summed E-state index contributed by atoms with van der Waals surface area (Å²) in [4.78, 5) is 80.4. The first-order valence-electron chi connectivity index (χ1n) is 10.5. The van der Waals surface area contributed by atoms with Gasteiger partial charge in [0.2, 0.25) is 29.9 Å². The van der Waals surface area contributed by atoms with E-state index in [4.69, 9.17) is 24.1 Å². The number of carbonyl (C=O) groups is 5. The standard InChI is InChI=1S/C21H28N4O10/c1-11(26)22-32-18-17(10-16(30)15-8-6-5-7-9-15)31-21(35-25-14(4)29)20(34-24-13(3)28)19(18)33-23-12(2)27/h5-9,17-21H,10H2,1-4H3,(H,22,26)(H,23,27)(H,24,28)(H,25,29)/t17-,18-,19+,20-,21-/m1/s1. The maximum Gasteiger partial charge on any atom is 0.240 e. The van der Waals surface area contributed by atoms with Crippen LogP contribution in [0.3, 0.4) is 0 Å². The van der Waals surface area contributed by atoms with Gasteiger partial charge in [-0.15, -0.1) is 0 Å². The van der Waals surface area contributed by atoms with Crippen LogP contribution in [-0.2, 0) is 43.3 Å². The molecule has 1 heterocycles. The van der Waals surface area contributed by atoms with Gasteiger partial charge in [0.1, 0.15) is 6.10 Å². The van der Waals surface area contributed by atoms with E-state index in [2.05, 4.69) is 21.9 Å². The molecule has 14 nitrogen and oxygen atoms in total. The summed E-state index contributed by atoms with van der Waals surface area (Å²) in [6.45, 7) is 4.71. The van der Waals surface area contributed by atoms with Crippen LogP contribution in [-0.4, -0.2) is 60.1 Å². The van der Waals surface area contributed by atoms with Gasteiger partial charge < -0.3 is 4.74 Å². The van der Waals surface area contributed by atoms with Crippen molar-refractivity contribution in [2.45, 2.75) is 64.8 Å². The fourth-order valence-corrected chi connectivity index (χ4v) is 3.06. The smallest absolute Gasteiger partial charge is 0.240 e. The van der Waals surface area contributed by atoms with Gasteiger partial charge in [-0.3, -0.25) is 38.5 Å². The molecule has 1 aliphatic rings. The highest BCUT2D eigenvalue weighted by atomic mass is 16.8. The number of hydroxylamine groups is 4. The molecular weight excluding hydrogens is 468 g/mol. The molecular formula is C21H28N4O10. The quantitative estimate of drug-likeness (QED) is 0.227. The molecule has 0 aliphatic carbocycles. The molecule has 4 amide bonds. The zero-order valence-corrected chi connectivity index (χ0v) is 19.6. The van der Waals surface area contributed by atoms with E-state index in [-0.39, 0.29) is 12.2 Å². The van der Waals surface area contributed by atoms with Gasteiger partial charge in [-0.1, -0.05) is 30.3 Å². The summed E-state index contributed by atoms with van der Waals surface area (Å²) >= 11 is 0. The lowest BCUT2D eigenvalue weighted by Gasteiger charge is -2.43. The summed E-state index contributed by atoms with van der Waals surface area (Å²) in [6, 6.07) is 8.32. The summed E-state index contributed by atoms with van der Waals surface area (Å²) in [5.41, 5.74) is 8.86. The number of Topliss-reactive ketones (excluding diaryl/α,β-unsaturated/α-hetero) is 1. The fraction of sp³-hybridized carbons (Fsp3) is 0.476. The highest BCUT2D eigenvalue weighted by Gasteiger charge is 2.52. The fourth-order valence-electron chi connectivity index (χ4n) is 3.06. The van der Waals surface area contributed by atoms with Crippen LogP contribution < -0.4 is 21.9 Å². The Hall–Kier alpha value is -3.43. The van der Waals surface area contributed by atoms with Crippen molar-refractivity contribution < 1.29 is 48.1 Å². The third-order valence-corrected chi connectivity index (χ3v) is 4.41. The molecule has 0 saturated carbocycles. The molecule has 5 atom stereocenters. The molecule has 35 heavy (non-hydrogen) atoms. The highest BCUT2D eigenvalue weighted by Crippen LogP contribution is 2.30. The minimum atomic E-state index is -1.45. The minimum Gasteiger partial charge on any atom is -0.341 e. The van der Waals surface area contributed by atoms with E-state index in [0.29, 0.717) is 5.56 Å². The molecule has 4 N–H and O–H groups in total. The lowest BCUT2D eigenvalue weighted by Crippen LogP contribution is -2.65. The molecule has 1 fully saturated rings. The lowest BCUT2D eigenvalue weighted by atomic mass is 9.93. The Kier molecular flexibility index (Phi) is 10.7. The number of amides is 4. The number of hydrogen-bond donors (Lipinski definition) is 4. The monoisotopic (exact) mass is 496 g/mol. The first-order chi connectivity index (χ1) is 16.6. The Labute approximate surface area is 200 Å². The van der Waals surface area contributed by atoms with Gasteiger partial charge in [0.05, 0.1) is 6.10 Å². The largest absolute Gasteiger partial charge is 0.341 e. The van der Waals surface area contributed by atoms with E-state index in [1.807, 2.05) is 0 Å². The number of ether oxygens (including phenoxy) is 1. The van der Waals surface area contributed by atoms with Crippen molar-refractivity contribution in [2.24, 2.45) is 0 Å². The number of nitrogens with one attached hydrogen (secondary N) is 4. The van der Waals surface area contributed by atoms with Crippen LogP contribution in [0.4, 0.5) is 0 Å². The topological polar surface area (TPSA) is 180 Å². The SMILES string of the molecule is CC(=O)NO[C@H]1O[C@H](CC(=O)c2ccccc2)[C@@H](ONC(C)=O)[C@H](ONC(C)=O)[C@H]1ONC(C)=O. The van der Waals surface area contributed by atoms with E-state index in [9.17, 15) is 24.0 Å². The van der Waals surface area contributed by atoms with Gasteiger partial charge in [0.15, 0.2) is 18.0 Å². The molecule has 0 radical (unpaired) electrons. The van der Waals surface area contributed by atoms with Crippen molar-refractivity contribution in [1.29, 1.82) is 0 Å². The Bertz CT molecular complexity index is 913. The van der Waals surface area contributed by atoms with Crippen LogP contribution in [0.1, 0.15) is 44.5 Å². The molecule has 1 aromatic carbocycles. The van der Waals surface area contributed by atoms with E-state index >= 15 is 0 Å². The second kappa shape index (κ2) is 13.5. The number of benzene rings is 1. The van der Waals surface area contributed by atoms with Gasteiger partial charge in [0.25, 0.3) is 0 Å². The third-order valence-electron chi connectivity index (χ3n) is 4.41. The van der Waals surface area contributed by atoms with Crippen LogP contribution in [0.5, 0.6) is 0 Å². The van der Waals surface area contributed by atoms with Gasteiger partial charge in [-0.2, -0.15) is 0 Å². The minimum absolute atomic E-state index is 0.277. The highest BCUT2D eigenvalue weighted by molar-refractivity contribution is 5.96. The average molecular weight is 496 g/mol. The number of rotatable bonds is 11. The average Bonchev–Trinajstić information content (AvgIpc) is 2.79. The third kappa shape index (κ3) is 9.03. The van der Waals surface area contributed by atoms with Crippen LogP contribution in [0, 0.1) is 0 Å². The maximum absolute atomic E-state index is 12.9.